The molecular formula is C16H25NO3S. The smallest absolute Gasteiger partial charge is 0.175 e. The monoisotopic (exact) mass is 311 g/mol. The van der Waals surface area contributed by atoms with Gasteiger partial charge in [0, 0.05) is 25.4 Å². The van der Waals surface area contributed by atoms with E-state index in [4.69, 9.17) is 4.74 Å². The fourth-order valence-corrected chi connectivity index (χ4v) is 3.23. The van der Waals surface area contributed by atoms with Crippen LogP contribution in [0.25, 0.3) is 0 Å². The molecule has 0 radical (unpaired) electrons. The molecular weight excluding hydrogens is 286 g/mol. The lowest BCUT2D eigenvalue weighted by Crippen LogP contribution is -2.40. The van der Waals surface area contributed by atoms with Crippen molar-refractivity contribution in [3.8, 4) is 0 Å². The molecule has 1 aliphatic heterocycles. The molecule has 1 heterocycles. The number of rotatable bonds is 5. The van der Waals surface area contributed by atoms with Crippen LogP contribution < -0.4 is 5.32 Å². The summed E-state index contributed by atoms with van der Waals surface area (Å²) in [4.78, 5) is 0.372. The van der Waals surface area contributed by atoms with Gasteiger partial charge in [-0.15, -0.1) is 0 Å². The molecule has 4 nitrogen and oxygen atoms in total. The Labute approximate surface area is 127 Å². The molecule has 1 fully saturated rings. The Balaban J connectivity index is 1.88. The van der Waals surface area contributed by atoms with Crippen LogP contribution in [0.15, 0.2) is 29.2 Å². The van der Waals surface area contributed by atoms with Gasteiger partial charge < -0.3 is 10.1 Å². The van der Waals surface area contributed by atoms with E-state index in [1.54, 1.807) is 12.1 Å². The number of hydrogen-bond acceptors (Lipinski definition) is 4. The second-order valence-electron chi connectivity index (χ2n) is 6.17. The van der Waals surface area contributed by atoms with Crippen molar-refractivity contribution in [2.75, 3.05) is 12.9 Å². The number of sulfone groups is 1. The minimum absolute atomic E-state index is 0.337. The van der Waals surface area contributed by atoms with Gasteiger partial charge in [-0.25, -0.2) is 8.42 Å². The molecule has 1 saturated heterocycles. The van der Waals surface area contributed by atoms with Crippen molar-refractivity contribution >= 4 is 9.84 Å². The van der Waals surface area contributed by atoms with E-state index in [-0.39, 0.29) is 0 Å². The highest BCUT2D eigenvalue weighted by Crippen LogP contribution is 2.20. The maximum atomic E-state index is 11.4. The molecule has 1 aromatic rings. The molecule has 2 atom stereocenters. The highest BCUT2D eigenvalue weighted by molar-refractivity contribution is 7.90. The Hall–Kier alpha value is -0.910. The fourth-order valence-electron chi connectivity index (χ4n) is 2.59. The van der Waals surface area contributed by atoms with E-state index in [1.807, 2.05) is 12.1 Å². The lowest BCUT2D eigenvalue weighted by Gasteiger charge is -2.32. The van der Waals surface area contributed by atoms with Crippen molar-refractivity contribution in [2.24, 2.45) is 5.92 Å². The van der Waals surface area contributed by atoms with Crippen LogP contribution in [0.2, 0.25) is 0 Å². The average molecular weight is 311 g/mol. The first-order chi connectivity index (χ1) is 9.86. The van der Waals surface area contributed by atoms with Crippen LogP contribution in [0.5, 0.6) is 0 Å². The van der Waals surface area contributed by atoms with Crippen LogP contribution in [0.4, 0.5) is 0 Å². The number of ether oxygens (including phenoxy) is 1. The van der Waals surface area contributed by atoms with E-state index >= 15 is 0 Å². The van der Waals surface area contributed by atoms with Crippen molar-refractivity contribution < 1.29 is 13.2 Å². The highest BCUT2D eigenvalue weighted by Gasteiger charge is 2.24. The lowest BCUT2D eigenvalue weighted by molar-refractivity contribution is -0.0245. The molecule has 1 aliphatic rings. The van der Waals surface area contributed by atoms with Crippen LogP contribution in [0, 0.1) is 5.92 Å². The molecule has 1 N–H and O–H groups in total. The van der Waals surface area contributed by atoms with Gasteiger partial charge in [0.1, 0.15) is 0 Å². The lowest BCUT2D eigenvalue weighted by atomic mass is 9.95. The Bertz CT molecular complexity index is 551. The van der Waals surface area contributed by atoms with Crippen LogP contribution >= 0.6 is 0 Å². The zero-order chi connectivity index (χ0) is 15.5. The summed E-state index contributed by atoms with van der Waals surface area (Å²) in [6, 6.07) is 7.58. The van der Waals surface area contributed by atoms with Crippen LogP contribution in [-0.2, 0) is 21.1 Å². The highest BCUT2D eigenvalue weighted by atomic mass is 32.2. The summed E-state index contributed by atoms with van der Waals surface area (Å²) >= 11 is 0. The summed E-state index contributed by atoms with van der Waals surface area (Å²) in [5.41, 5.74) is 1.11. The third kappa shape index (κ3) is 4.80. The minimum Gasteiger partial charge on any atom is -0.378 e. The Morgan fingerprint density at radius 3 is 2.52 bits per heavy atom. The molecule has 21 heavy (non-hydrogen) atoms. The van der Waals surface area contributed by atoms with Gasteiger partial charge in [0.15, 0.2) is 9.84 Å². The predicted molar refractivity (Wildman–Crippen MR) is 84.0 cm³/mol. The Kier molecular flexibility index (Phi) is 5.41. The number of nitrogens with one attached hydrogen (secondary N) is 1. The van der Waals surface area contributed by atoms with E-state index in [1.165, 1.54) is 6.26 Å². The molecule has 0 aliphatic carbocycles. The SMILES string of the molecule is CC(C)C1CC(NCc2ccc(S(C)(=O)=O)cc2)CCO1. The van der Waals surface area contributed by atoms with E-state index < -0.39 is 9.84 Å². The van der Waals surface area contributed by atoms with Crippen molar-refractivity contribution in [1.82, 2.24) is 5.32 Å². The second kappa shape index (κ2) is 6.90. The largest absolute Gasteiger partial charge is 0.378 e. The molecule has 5 heteroatoms. The summed E-state index contributed by atoms with van der Waals surface area (Å²) in [6.07, 6.45) is 3.64. The summed E-state index contributed by atoms with van der Waals surface area (Å²) in [7, 11) is -3.11. The standard InChI is InChI=1S/C16H25NO3S/c1-12(2)16-10-14(8-9-20-16)17-11-13-4-6-15(7-5-13)21(3,18)19/h4-7,12,14,16-17H,8-11H2,1-3H3. The summed E-state index contributed by atoms with van der Waals surface area (Å²) < 4.78 is 28.6. The normalized spacial score (nSPS) is 23.4. The molecule has 2 unspecified atom stereocenters. The zero-order valence-electron chi connectivity index (χ0n) is 13.0. The fraction of sp³-hybridized carbons (Fsp3) is 0.625. The first kappa shape index (κ1) is 16.5. The third-order valence-corrected chi connectivity index (χ3v) is 5.13. The first-order valence-electron chi connectivity index (χ1n) is 7.50. The van der Waals surface area contributed by atoms with Crippen molar-refractivity contribution in [3.05, 3.63) is 29.8 Å². The van der Waals surface area contributed by atoms with Gasteiger partial charge in [-0.3, -0.25) is 0 Å². The Morgan fingerprint density at radius 1 is 1.29 bits per heavy atom. The second-order valence-corrected chi connectivity index (χ2v) is 8.19. The maximum Gasteiger partial charge on any atom is 0.175 e. The van der Waals surface area contributed by atoms with E-state index in [0.29, 0.717) is 23.0 Å². The summed E-state index contributed by atoms with van der Waals surface area (Å²) in [6.45, 7) is 5.96. The van der Waals surface area contributed by atoms with Crippen molar-refractivity contribution in [3.63, 3.8) is 0 Å². The molecule has 0 saturated carbocycles. The van der Waals surface area contributed by atoms with E-state index in [9.17, 15) is 8.42 Å². The topological polar surface area (TPSA) is 55.4 Å². The van der Waals surface area contributed by atoms with Crippen molar-refractivity contribution in [2.45, 2.75) is 50.3 Å². The van der Waals surface area contributed by atoms with Gasteiger partial charge >= 0.3 is 0 Å². The third-order valence-electron chi connectivity index (χ3n) is 4.01. The van der Waals surface area contributed by atoms with Gasteiger partial charge in [-0.1, -0.05) is 26.0 Å². The van der Waals surface area contributed by atoms with Crippen LogP contribution in [0.1, 0.15) is 32.3 Å². The molecule has 0 spiro atoms. The number of benzene rings is 1. The quantitative estimate of drug-likeness (QED) is 0.907. The van der Waals surface area contributed by atoms with Gasteiger partial charge in [-0.2, -0.15) is 0 Å². The van der Waals surface area contributed by atoms with Crippen LogP contribution in [-0.4, -0.2) is 33.4 Å². The first-order valence-corrected chi connectivity index (χ1v) is 9.39. The maximum absolute atomic E-state index is 11.4. The van der Waals surface area contributed by atoms with Gasteiger partial charge in [0.05, 0.1) is 11.0 Å². The van der Waals surface area contributed by atoms with Gasteiger partial charge in [0.25, 0.3) is 0 Å². The molecule has 0 bridgehead atoms. The minimum atomic E-state index is -3.11. The number of hydrogen-bond donors (Lipinski definition) is 1. The van der Waals surface area contributed by atoms with Crippen molar-refractivity contribution in [1.29, 1.82) is 0 Å². The average Bonchev–Trinajstić information content (AvgIpc) is 2.45. The Morgan fingerprint density at radius 2 is 1.95 bits per heavy atom. The molecule has 2 rings (SSSR count). The summed E-state index contributed by atoms with van der Waals surface area (Å²) in [5.74, 6) is 0.545. The zero-order valence-corrected chi connectivity index (χ0v) is 13.8. The summed E-state index contributed by atoms with van der Waals surface area (Å²) in [5, 5.41) is 3.55. The molecule has 118 valence electrons. The molecule has 1 aromatic carbocycles. The predicted octanol–water partition coefficient (Wildman–Crippen LogP) is 2.38. The van der Waals surface area contributed by atoms with E-state index in [2.05, 4.69) is 19.2 Å². The van der Waals surface area contributed by atoms with Gasteiger partial charge in [-0.05, 0) is 36.5 Å². The van der Waals surface area contributed by atoms with E-state index in [0.717, 1.165) is 31.6 Å². The molecule has 0 aromatic heterocycles. The van der Waals surface area contributed by atoms with Crippen LogP contribution in [0.3, 0.4) is 0 Å². The molecule has 0 amide bonds. The van der Waals surface area contributed by atoms with Gasteiger partial charge in [0.2, 0.25) is 0 Å².